The predicted molar refractivity (Wildman–Crippen MR) is 68.7 cm³/mol. The number of benzene rings is 1. The molecule has 1 heterocycles. The van der Waals surface area contributed by atoms with E-state index in [4.69, 9.17) is 4.74 Å². The molecule has 5 heteroatoms. The molecule has 0 saturated carbocycles. The number of nitrogens with zero attached hydrogens (tertiary/aromatic N) is 1. The first-order valence-corrected chi connectivity index (χ1v) is 6.26. The summed E-state index contributed by atoms with van der Waals surface area (Å²) < 4.78 is 5.00. The van der Waals surface area contributed by atoms with Gasteiger partial charge in [0.1, 0.15) is 0 Å². The molecule has 19 heavy (non-hydrogen) atoms. The lowest BCUT2D eigenvalue weighted by Crippen LogP contribution is -2.28. The summed E-state index contributed by atoms with van der Waals surface area (Å²) in [5, 5.41) is 0. The zero-order valence-electron chi connectivity index (χ0n) is 10.7. The van der Waals surface area contributed by atoms with Crippen LogP contribution < -0.4 is 4.90 Å². The van der Waals surface area contributed by atoms with E-state index >= 15 is 0 Å². The normalized spacial score (nSPS) is 14.9. The van der Waals surface area contributed by atoms with Crippen LogP contribution in [0.3, 0.4) is 0 Å². The second kappa shape index (κ2) is 5.65. The van der Waals surface area contributed by atoms with Crippen molar-refractivity contribution in [2.24, 2.45) is 0 Å². The maximum atomic E-state index is 11.6. The van der Waals surface area contributed by atoms with Gasteiger partial charge in [-0.2, -0.15) is 0 Å². The molecule has 0 spiro atoms. The van der Waals surface area contributed by atoms with Gasteiger partial charge in [-0.25, -0.2) is 4.79 Å². The fourth-order valence-electron chi connectivity index (χ4n) is 1.89. The lowest BCUT2D eigenvalue weighted by atomic mass is 10.2. The molecule has 100 valence electrons. The van der Waals surface area contributed by atoms with E-state index in [1.165, 1.54) is 0 Å². The Hall–Kier alpha value is -2.17. The van der Waals surface area contributed by atoms with Crippen LogP contribution in [0.2, 0.25) is 0 Å². The third-order valence-corrected chi connectivity index (χ3v) is 2.85. The summed E-state index contributed by atoms with van der Waals surface area (Å²) in [4.78, 5) is 35.9. The maximum Gasteiger partial charge on any atom is 0.338 e. The minimum absolute atomic E-state index is 0.202. The van der Waals surface area contributed by atoms with Gasteiger partial charge < -0.3 is 4.74 Å². The van der Waals surface area contributed by atoms with Crippen LogP contribution in [0.4, 0.5) is 5.69 Å². The number of carbonyl (C=O) groups is 3. The van der Waals surface area contributed by atoms with Crippen molar-refractivity contribution >= 4 is 23.5 Å². The Morgan fingerprint density at radius 1 is 1.16 bits per heavy atom. The molecule has 0 N–H and O–H groups in total. The monoisotopic (exact) mass is 261 g/mol. The number of ether oxygens (including phenoxy) is 1. The zero-order valence-corrected chi connectivity index (χ0v) is 10.7. The first kappa shape index (κ1) is 13.3. The van der Waals surface area contributed by atoms with E-state index in [0.29, 0.717) is 17.9 Å². The van der Waals surface area contributed by atoms with Crippen LogP contribution in [0.25, 0.3) is 0 Å². The van der Waals surface area contributed by atoms with Crippen LogP contribution >= 0.6 is 0 Å². The minimum atomic E-state index is -0.396. The summed E-state index contributed by atoms with van der Waals surface area (Å²) in [5.74, 6) is -0.801. The molecule has 1 aliphatic heterocycles. The van der Waals surface area contributed by atoms with Crippen LogP contribution in [-0.4, -0.2) is 24.4 Å². The summed E-state index contributed by atoms with van der Waals surface area (Å²) in [7, 11) is 0. The summed E-state index contributed by atoms with van der Waals surface area (Å²) >= 11 is 0. The average molecular weight is 261 g/mol. The summed E-state index contributed by atoms with van der Waals surface area (Å²) in [6.07, 6.45) is 1.26. The topological polar surface area (TPSA) is 63.7 Å². The Labute approximate surface area is 111 Å². The number of esters is 1. The molecule has 0 aromatic heterocycles. The standard InChI is InChI=1S/C14H15NO4/c1-2-9-19-14(18)10-3-5-11(6-4-10)15-12(16)7-8-13(15)17/h3-6H,2,7-9H2,1H3. The van der Waals surface area contributed by atoms with E-state index in [2.05, 4.69) is 0 Å². The van der Waals surface area contributed by atoms with Crippen molar-refractivity contribution in [3.63, 3.8) is 0 Å². The van der Waals surface area contributed by atoms with E-state index in [1.807, 2.05) is 6.92 Å². The number of amides is 2. The van der Waals surface area contributed by atoms with Gasteiger partial charge in [0.15, 0.2) is 0 Å². The van der Waals surface area contributed by atoms with Gasteiger partial charge in [-0.05, 0) is 30.7 Å². The van der Waals surface area contributed by atoms with Gasteiger partial charge in [0.25, 0.3) is 0 Å². The van der Waals surface area contributed by atoms with Crippen LogP contribution in [0.15, 0.2) is 24.3 Å². The molecule has 0 unspecified atom stereocenters. The SMILES string of the molecule is CCCOC(=O)c1ccc(N2C(=O)CCC2=O)cc1. The summed E-state index contributed by atoms with van der Waals surface area (Å²) in [6, 6.07) is 6.30. The molecule has 1 aromatic carbocycles. The van der Waals surface area contributed by atoms with Gasteiger partial charge >= 0.3 is 5.97 Å². The molecule has 1 fully saturated rings. The number of hydrogen-bond donors (Lipinski definition) is 0. The Kier molecular flexibility index (Phi) is 3.94. The number of carbonyl (C=O) groups excluding carboxylic acids is 3. The third-order valence-electron chi connectivity index (χ3n) is 2.85. The van der Waals surface area contributed by atoms with Gasteiger partial charge in [0, 0.05) is 12.8 Å². The highest BCUT2D eigenvalue weighted by molar-refractivity contribution is 6.19. The molecule has 0 radical (unpaired) electrons. The van der Waals surface area contributed by atoms with Crippen LogP contribution in [-0.2, 0) is 14.3 Å². The lowest BCUT2D eigenvalue weighted by molar-refractivity contribution is -0.121. The molecule has 1 aromatic rings. The largest absolute Gasteiger partial charge is 0.462 e. The Morgan fingerprint density at radius 3 is 2.26 bits per heavy atom. The molecule has 2 rings (SSSR count). The third kappa shape index (κ3) is 2.81. The van der Waals surface area contributed by atoms with Crippen molar-refractivity contribution in [3.05, 3.63) is 29.8 Å². The van der Waals surface area contributed by atoms with E-state index in [-0.39, 0.29) is 24.7 Å². The lowest BCUT2D eigenvalue weighted by Gasteiger charge is -2.13. The highest BCUT2D eigenvalue weighted by Crippen LogP contribution is 2.22. The summed E-state index contributed by atoms with van der Waals surface area (Å²) in [5.41, 5.74) is 0.913. The first-order chi connectivity index (χ1) is 9.13. The maximum absolute atomic E-state index is 11.6. The molecule has 0 bridgehead atoms. The predicted octanol–water partition coefficient (Wildman–Crippen LogP) is 1.91. The second-order valence-corrected chi connectivity index (χ2v) is 4.31. The number of rotatable bonds is 4. The number of imide groups is 1. The van der Waals surface area contributed by atoms with E-state index in [0.717, 1.165) is 11.3 Å². The molecule has 0 atom stereocenters. The zero-order chi connectivity index (χ0) is 13.8. The van der Waals surface area contributed by atoms with Crippen molar-refractivity contribution in [3.8, 4) is 0 Å². The molecule has 0 aliphatic carbocycles. The number of hydrogen-bond acceptors (Lipinski definition) is 4. The Balaban J connectivity index is 2.12. The van der Waals surface area contributed by atoms with Crippen LogP contribution in [0.5, 0.6) is 0 Å². The van der Waals surface area contributed by atoms with Crippen molar-refractivity contribution in [2.45, 2.75) is 26.2 Å². The molecule has 5 nitrogen and oxygen atoms in total. The highest BCUT2D eigenvalue weighted by Gasteiger charge is 2.30. The van der Waals surface area contributed by atoms with Crippen molar-refractivity contribution in [1.82, 2.24) is 0 Å². The van der Waals surface area contributed by atoms with Gasteiger partial charge in [-0.15, -0.1) is 0 Å². The van der Waals surface area contributed by atoms with Crippen LogP contribution in [0.1, 0.15) is 36.5 Å². The quantitative estimate of drug-likeness (QED) is 0.613. The molecule has 2 amide bonds. The fraction of sp³-hybridized carbons (Fsp3) is 0.357. The number of anilines is 1. The van der Waals surface area contributed by atoms with Crippen molar-refractivity contribution in [1.29, 1.82) is 0 Å². The Morgan fingerprint density at radius 2 is 1.74 bits per heavy atom. The van der Waals surface area contributed by atoms with E-state index in [9.17, 15) is 14.4 Å². The van der Waals surface area contributed by atoms with Crippen molar-refractivity contribution in [2.75, 3.05) is 11.5 Å². The van der Waals surface area contributed by atoms with Crippen molar-refractivity contribution < 1.29 is 19.1 Å². The fourth-order valence-corrected chi connectivity index (χ4v) is 1.89. The van der Waals surface area contributed by atoms with Gasteiger partial charge in [-0.3, -0.25) is 14.5 Å². The average Bonchev–Trinajstić information content (AvgIpc) is 2.76. The smallest absolute Gasteiger partial charge is 0.338 e. The summed E-state index contributed by atoms with van der Waals surface area (Å²) in [6.45, 7) is 2.30. The van der Waals surface area contributed by atoms with Crippen LogP contribution in [0, 0.1) is 0 Å². The van der Waals surface area contributed by atoms with E-state index in [1.54, 1.807) is 24.3 Å². The Bertz CT molecular complexity index is 491. The molecular weight excluding hydrogens is 246 g/mol. The molecular formula is C14H15NO4. The molecule has 1 aliphatic rings. The van der Waals surface area contributed by atoms with E-state index < -0.39 is 5.97 Å². The second-order valence-electron chi connectivity index (χ2n) is 4.31. The minimum Gasteiger partial charge on any atom is -0.462 e. The first-order valence-electron chi connectivity index (χ1n) is 6.26. The van der Waals surface area contributed by atoms with Gasteiger partial charge in [0.05, 0.1) is 17.9 Å². The highest BCUT2D eigenvalue weighted by atomic mass is 16.5. The molecule has 1 saturated heterocycles. The van der Waals surface area contributed by atoms with Gasteiger partial charge in [-0.1, -0.05) is 6.92 Å². The van der Waals surface area contributed by atoms with Gasteiger partial charge in [0.2, 0.25) is 11.8 Å².